The van der Waals surface area contributed by atoms with Gasteiger partial charge in [-0.25, -0.2) is 4.98 Å². The molecular weight excluding hydrogens is 534 g/mol. The van der Waals surface area contributed by atoms with Gasteiger partial charge in [-0.2, -0.15) is 0 Å². The first-order chi connectivity index (χ1) is 20.0. The van der Waals surface area contributed by atoms with Crippen molar-refractivity contribution in [2.45, 2.75) is 39.7 Å². The Kier molecular flexibility index (Phi) is 8.11. The lowest BCUT2D eigenvalue weighted by molar-refractivity contribution is -0.132. The number of fused-ring (bicyclic) bond motifs is 4. The van der Waals surface area contributed by atoms with E-state index in [1.807, 2.05) is 43.0 Å². The van der Waals surface area contributed by atoms with Crippen molar-refractivity contribution < 1.29 is 18.8 Å². The van der Waals surface area contributed by atoms with Gasteiger partial charge in [0, 0.05) is 37.9 Å². The summed E-state index contributed by atoms with van der Waals surface area (Å²) in [6.45, 7) is 6.30. The molecule has 5 aromatic rings. The van der Waals surface area contributed by atoms with E-state index < -0.39 is 0 Å². The van der Waals surface area contributed by atoms with E-state index >= 15 is 0 Å². The largest absolute Gasteiger partial charge is 0.491 e. The first-order valence-corrected chi connectivity index (χ1v) is 14.8. The van der Waals surface area contributed by atoms with Crippen molar-refractivity contribution in [2.24, 2.45) is 0 Å². The highest BCUT2D eigenvalue weighted by Gasteiger charge is 2.18. The Morgan fingerprint density at radius 3 is 2.71 bits per heavy atom. The summed E-state index contributed by atoms with van der Waals surface area (Å²) < 4.78 is 18.6. The van der Waals surface area contributed by atoms with Crippen molar-refractivity contribution in [3.63, 3.8) is 0 Å². The molecule has 7 nitrogen and oxygen atoms in total. The molecule has 8 heteroatoms. The molecule has 0 saturated heterocycles. The summed E-state index contributed by atoms with van der Waals surface area (Å²) in [6.07, 6.45) is 1.75. The van der Waals surface area contributed by atoms with Crippen molar-refractivity contribution in [1.29, 1.82) is 0 Å². The van der Waals surface area contributed by atoms with Crippen molar-refractivity contribution in [3.8, 4) is 16.9 Å². The number of para-hydroxylation sites is 1. The van der Waals surface area contributed by atoms with E-state index in [1.54, 1.807) is 11.3 Å². The van der Waals surface area contributed by atoms with Gasteiger partial charge >= 0.3 is 0 Å². The van der Waals surface area contributed by atoms with Crippen molar-refractivity contribution in [3.05, 3.63) is 99.9 Å². The number of amides is 1. The van der Waals surface area contributed by atoms with E-state index in [-0.39, 0.29) is 5.91 Å². The lowest BCUT2D eigenvalue weighted by Gasteiger charge is -2.24. The molecule has 0 N–H and O–H groups in total. The molecule has 210 valence electrons. The fourth-order valence-electron chi connectivity index (χ4n) is 5.37. The lowest BCUT2D eigenvalue weighted by Crippen LogP contribution is -2.34. The normalized spacial score (nSPS) is 14.3. The van der Waals surface area contributed by atoms with E-state index in [0.717, 1.165) is 54.7 Å². The minimum absolute atomic E-state index is 0.107. The third-order valence-corrected chi connectivity index (χ3v) is 8.47. The van der Waals surface area contributed by atoms with Crippen LogP contribution in [0.5, 0.6) is 5.75 Å². The van der Waals surface area contributed by atoms with Crippen LogP contribution in [0.1, 0.15) is 39.6 Å². The summed E-state index contributed by atoms with van der Waals surface area (Å²) in [4.78, 5) is 20.0. The Morgan fingerprint density at radius 2 is 1.85 bits per heavy atom. The third-order valence-electron chi connectivity index (χ3n) is 7.38. The van der Waals surface area contributed by atoms with E-state index in [9.17, 15) is 4.79 Å². The van der Waals surface area contributed by atoms with Gasteiger partial charge in [0.25, 0.3) is 0 Å². The number of hydrogen-bond acceptors (Lipinski definition) is 7. The van der Waals surface area contributed by atoms with Crippen LogP contribution >= 0.6 is 11.3 Å². The number of nitrogens with zero attached hydrogens (tertiary/aromatic N) is 3. The average molecular weight is 568 g/mol. The molecule has 1 aliphatic heterocycles. The summed E-state index contributed by atoms with van der Waals surface area (Å²) in [5.41, 5.74) is 7.28. The molecule has 3 heterocycles. The van der Waals surface area contributed by atoms with Crippen LogP contribution < -0.4 is 4.74 Å². The van der Waals surface area contributed by atoms with E-state index in [1.165, 1.54) is 5.56 Å². The molecule has 0 atom stereocenters. The summed E-state index contributed by atoms with van der Waals surface area (Å²) in [7, 11) is 0. The molecule has 6 rings (SSSR count). The maximum Gasteiger partial charge on any atom is 0.223 e. The number of carbonyl (C=O) groups excluding carboxylic acids is 1. The summed E-state index contributed by atoms with van der Waals surface area (Å²) >= 11 is 1.66. The maximum absolute atomic E-state index is 13.4. The van der Waals surface area contributed by atoms with Crippen LogP contribution in [0.2, 0.25) is 0 Å². The predicted molar refractivity (Wildman–Crippen MR) is 160 cm³/mol. The van der Waals surface area contributed by atoms with Crippen molar-refractivity contribution in [2.75, 3.05) is 26.4 Å². The van der Waals surface area contributed by atoms with E-state index in [4.69, 9.17) is 19.0 Å². The number of ether oxygens (including phenoxy) is 2. The predicted octanol–water partition coefficient (Wildman–Crippen LogP) is 6.53. The second kappa shape index (κ2) is 12.2. The zero-order chi connectivity index (χ0) is 28.2. The molecule has 0 saturated carbocycles. The fourth-order valence-corrected chi connectivity index (χ4v) is 6.33. The van der Waals surface area contributed by atoms with Crippen LogP contribution in [0, 0.1) is 13.8 Å². The second-order valence-corrected chi connectivity index (χ2v) is 11.5. The summed E-state index contributed by atoms with van der Waals surface area (Å²) in [5, 5.41) is 5.12. The van der Waals surface area contributed by atoms with Crippen LogP contribution in [-0.4, -0.2) is 47.3 Å². The molecule has 0 aliphatic carbocycles. The van der Waals surface area contributed by atoms with Gasteiger partial charge in [-0.1, -0.05) is 47.6 Å². The number of aromatic nitrogens is 2. The van der Waals surface area contributed by atoms with Crippen LogP contribution in [0.15, 0.2) is 71.3 Å². The first-order valence-electron chi connectivity index (χ1n) is 14.0. The van der Waals surface area contributed by atoms with Gasteiger partial charge in [0.05, 0.1) is 34.1 Å². The quantitative estimate of drug-likeness (QED) is 0.246. The fraction of sp³-hybridized carbons (Fsp3) is 0.303. The second-order valence-electron chi connectivity index (χ2n) is 10.4. The van der Waals surface area contributed by atoms with Crippen molar-refractivity contribution >= 4 is 27.5 Å². The number of carbonyl (C=O) groups is 1. The third kappa shape index (κ3) is 6.34. The van der Waals surface area contributed by atoms with Gasteiger partial charge in [0.1, 0.15) is 18.1 Å². The Labute approximate surface area is 243 Å². The van der Waals surface area contributed by atoms with E-state index in [2.05, 4.69) is 47.6 Å². The Hall–Kier alpha value is -4.01. The molecule has 1 amide bonds. The van der Waals surface area contributed by atoms with Crippen LogP contribution in [0.3, 0.4) is 0 Å². The highest BCUT2D eigenvalue weighted by molar-refractivity contribution is 7.18. The maximum atomic E-state index is 13.4. The number of aryl methyl sites for hydroxylation is 3. The minimum Gasteiger partial charge on any atom is -0.491 e. The topological polar surface area (TPSA) is 77.7 Å². The molecule has 0 unspecified atom stereocenters. The lowest BCUT2D eigenvalue weighted by atomic mass is 9.96. The Morgan fingerprint density at radius 1 is 0.976 bits per heavy atom. The highest BCUT2D eigenvalue weighted by atomic mass is 32.1. The molecule has 0 fully saturated rings. The van der Waals surface area contributed by atoms with Gasteiger partial charge in [0.2, 0.25) is 5.91 Å². The summed E-state index contributed by atoms with van der Waals surface area (Å²) in [6, 6.07) is 22.8. The molecule has 2 bridgehead atoms. The SMILES string of the molecule is Cc1noc(C)c1-c1ccc2c(c1)Cc1cccc(c1)CN(C(=O)CCc1nc3ccccc3s1)CCOCCO2. The number of rotatable bonds is 4. The van der Waals surface area contributed by atoms with Gasteiger partial charge in [-0.3, -0.25) is 4.79 Å². The highest BCUT2D eigenvalue weighted by Crippen LogP contribution is 2.32. The molecule has 0 spiro atoms. The minimum atomic E-state index is 0.107. The standard InChI is InChI=1S/C33H33N3O4S/c1-22-33(23(2)40-35-22)26-10-11-29-27(20-26)19-24-6-5-7-25(18-24)21-36(14-15-38-16-17-39-29)32(37)13-12-31-34-28-8-3-4-9-30(28)41-31/h3-11,18,20H,12-17,19,21H2,1-2H3. The van der Waals surface area contributed by atoms with E-state index in [0.29, 0.717) is 52.2 Å². The average Bonchev–Trinajstić information content (AvgIpc) is 3.55. The molecular formula is C33H33N3O4S. The number of hydrogen-bond donors (Lipinski definition) is 0. The smallest absolute Gasteiger partial charge is 0.223 e. The van der Waals surface area contributed by atoms with Crippen LogP contribution in [0.4, 0.5) is 0 Å². The number of thiazole rings is 1. The van der Waals surface area contributed by atoms with Gasteiger partial charge in [-0.05, 0) is 60.4 Å². The Balaban J connectivity index is 1.22. The van der Waals surface area contributed by atoms with Gasteiger partial charge in [-0.15, -0.1) is 11.3 Å². The molecule has 1 aliphatic rings. The zero-order valence-electron chi connectivity index (χ0n) is 23.4. The van der Waals surface area contributed by atoms with Gasteiger partial charge < -0.3 is 18.9 Å². The number of benzene rings is 3. The zero-order valence-corrected chi connectivity index (χ0v) is 24.2. The van der Waals surface area contributed by atoms with Gasteiger partial charge in [0.15, 0.2) is 0 Å². The summed E-state index contributed by atoms with van der Waals surface area (Å²) in [5.74, 6) is 1.75. The van der Waals surface area contributed by atoms with Crippen LogP contribution in [-0.2, 0) is 28.9 Å². The molecule has 2 aromatic heterocycles. The Bertz CT molecular complexity index is 1620. The molecule has 3 aromatic carbocycles. The molecule has 41 heavy (non-hydrogen) atoms. The molecule has 0 radical (unpaired) electrons. The van der Waals surface area contributed by atoms with Crippen molar-refractivity contribution in [1.82, 2.24) is 15.0 Å². The first kappa shape index (κ1) is 27.2. The van der Waals surface area contributed by atoms with Crippen LogP contribution in [0.25, 0.3) is 21.3 Å². The monoisotopic (exact) mass is 567 g/mol.